The number of rotatable bonds is 2. The third-order valence-electron chi connectivity index (χ3n) is 2.92. The van der Waals surface area contributed by atoms with Gasteiger partial charge >= 0.3 is 0 Å². The van der Waals surface area contributed by atoms with Crippen molar-refractivity contribution in [3.63, 3.8) is 0 Å². The topological polar surface area (TPSA) is 83.8 Å². The molecule has 0 fully saturated rings. The van der Waals surface area contributed by atoms with E-state index in [1.165, 1.54) is 18.2 Å². The normalized spacial score (nSPS) is 10.7. The number of nitrogens with two attached hydrogens (primary N) is 1. The van der Waals surface area contributed by atoms with Crippen molar-refractivity contribution in [2.24, 2.45) is 0 Å². The van der Waals surface area contributed by atoms with Crippen molar-refractivity contribution < 1.29 is 9.18 Å². The fourth-order valence-electron chi connectivity index (χ4n) is 1.96. The molecule has 2 aromatic carbocycles. The van der Waals surface area contributed by atoms with Crippen LogP contribution in [0.4, 0.5) is 15.8 Å². The maximum atomic E-state index is 13.6. The second-order valence-electron chi connectivity index (χ2n) is 4.31. The lowest BCUT2D eigenvalue weighted by Gasteiger charge is -2.05. The number of benzene rings is 2. The number of anilines is 2. The zero-order valence-corrected chi connectivity index (χ0v) is 10.4. The van der Waals surface area contributed by atoms with Gasteiger partial charge in [-0.2, -0.15) is 5.10 Å². The van der Waals surface area contributed by atoms with Crippen LogP contribution in [0.1, 0.15) is 10.5 Å². The first kappa shape index (κ1) is 12.2. The Bertz CT molecular complexity index is 797. The van der Waals surface area contributed by atoms with Crippen LogP contribution in [-0.4, -0.2) is 16.1 Å². The summed E-state index contributed by atoms with van der Waals surface area (Å²) in [6.45, 7) is 0. The number of carbonyl (C=O) groups excluding carboxylic acids is 1. The summed E-state index contributed by atoms with van der Waals surface area (Å²) in [5.74, 6) is -1.04. The van der Waals surface area contributed by atoms with Crippen molar-refractivity contribution in [2.75, 3.05) is 11.1 Å². The summed E-state index contributed by atoms with van der Waals surface area (Å²) in [4.78, 5) is 12.2. The Labute approximate surface area is 113 Å². The number of hydrogen-bond acceptors (Lipinski definition) is 3. The van der Waals surface area contributed by atoms with Crippen LogP contribution in [0.5, 0.6) is 0 Å². The van der Waals surface area contributed by atoms with E-state index < -0.39 is 11.7 Å². The largest absolute Gasteiger partial charge is 0.399 e. The zero-order valence-electron chi connectivity index (χ0n) is 10.4. The number of nitrogens with zero attached hydrogens (tertiary/aromatic N) is 1. The number of halogens is 1. The van der Waals surface area contributed by atoms with E-state index in [1.807, 2.05) is 6.07 Å². The summed E-state index contributed by atoms with van der Waals surface area (Å²) in [7, 11) is 0. The minimum atomic E-state index is -0.549. The smallest absolute Gasteiger partial charge is 0.276 e. The van der Waals surface area contributed by atoms with Crippen LogP contribution in [0.3, 0.4) is 0 Å². The molecule has 3 rings (SSSR count). The molecule has 3 aromatic rings. The maximum absolute atomic E-state index is 13.6. The van der Waals surface area contributed by atoms with Gasteiger partial charge in [-0.1, -0.05) is 18.2 Å². The molecule has 1 aromatic heterocycles. The summed E-state index contributed by atoms with van der Waals surface area (Å²) >= 11 is 0. The highest BCUT2D eigenvalue weighted by molar-refractivity contribution is 6.11. The summed E-state index contributed by atoms with van der Waals surface area (Å²) in [5.41, 5.74) is 6.92. The molecule has 100 valence electrons. The second-order valence-corrected chi connectivity index (χ2v) is 4.31. The Balaban J connectivity index is 1.95. The molecule has 1 heterocycles. The van der Waals surface area contributed by atoms with Gasteiger partial charge in [-0.15, -0.1) is 0 Å². The van der Waals surface area contributed by atoms with Crippen LogP contribution in [0.2, 0.25) is 0 Å². The molecule has 0 atom stereocenters. The van der Waals surface area contributed by atoms with E-state index in [0.29, 0.717) is 11.1 Å². The lowest BCUT2D eigenvalue weighted by Crippen LogP contribution is -2.14. The summed E-state index contributed by atoms with van der Waals surface area (Å²) in [5, 5.41) is 9.85. The second kappa shape index (κ2) is 4.65. The molecular formula is C14H11FN4O. The van der Waals surface area contributed by atoms with Gasteiger partial charge in [-0.05, 0) is 24.3 Å². The highest BCUT2D eigenvalue weighted by Crippen LogP contribution is 2.20. The first-order valence-electron chi connectivity index (χ1n) is 5.94. The van der Waals surface area contributed by atoms with Crippen LogP contribution in [-0.2, 0) is 0 Å². The molecule has 4 N–H and O–H groups in total. The van der Waals surface area contributed by atoms with E-state index in [0.717, 1.165) is 5.52 Å². The van der Waals surface area contributed by atoms with Crippen molar-refractivity contribution in [3.05, 3.63) is 54.0 Å². The molecular weight excluding hydrogens is 259 g/mol. The van der Waals surface area contributed by atoms with Gasteiger partial charge < -0.3 is 11.1 Å². The minimum Gasteiger partial charge on any atom is -0.399 e. The predicted octanol–water partition coefficient (Wildman–Crippen LogP) is 2.54. The van der Waals surface area contributed by atoms with Gasteiger partial charge in [0.25, 0.3) is 5.91 Å². The van der Waals surface area contributed by atoms with Crippen molar-refractivity contribution in [1.29, 1.82) is 0 Å². The molecule has 0 aliphatic heterocycles. The molecule has 0 saturated carbocycles. The molecule has 0 saturated heterocycles. The minimum absolute atomic E-state index is 0.0297. The molecule has 20 heavy (non-hydrogen) atoms. The molecule has 0 unspecified atom stereocenters. The Kier molecular flexibility index (Phi) is 2.83. The average Bonchev–Trinajstić information content (AvgIpc) is 2.87. The number of fused-ring (bicyclic) bond motifs is 1. The van der Waals surface area contributed by atoms with Crippen LogP contribution in [0, 0.1) is 5.82 Å². The summed E-state index contributed by atoms with van der Waals surface area (Å²) in [6, 6.07) is 11.2. The van der Waals surface area contributed by atoms with Crippen molar-refractivity contribution in [2.45, 2.75) is 0 Å². The number of nitrogens with one attached hydrogen (secondary N) is 2. The van der Waals surface area contributed by atoms with E-state index in [-0.39, 0.29) is 11.4 Å². The Morgan fingerprint density at radius 3 is 2.90 bits per heavy atom. The molecule has 6 heteroatoms. The number of aromatic amines is 1. The highest BCUT2D eigenvalue weighted by Gasteiger charge is 2.15. The number of para-hydroxylation sites is 1. The molecule has 0 bridgehead atoms. The quantitative estimate of drug-likeness (QED) is 0.626. The van der Waals surface area contributed by atoms with E-state index in [2.05, 4.69) is 15.5 Å². The lowest BCUT2D eigenvalue weighted by atomic mass is 10.2. The van der Waals surface area contributed by atoms with Gasteiger partial charge in [0.05, 0.1) is 11.2 Å². The summed E-state index contributed by atoms with van der Waals surface area (Å²) in [6.07, 6.45) is 0. The fourth-order valence-corrected chi connectivity index (χ4v) is 1.96. The van der Waals surface area contributed by atoms with Crippen molar-refractivity contribution in [3.8, 4) is 0 Å². The third kappa shape index (κ3) is 2.07. The number of amides is 1. The van der Waals surface area contributed by atoms with Crippen LogP contribution < -0.4 is 11.1 Å². The van der Waals surface area contributed by atoms with Crippen LogP contribution in [0.25, 0.3) is 10.9 Å². The number of hydrogen-bond donors (Lipinski definition) is 3. The van der Waals surface area contributed by atoms with Gasteiger partial charge in [0.1, 0.15) is 5.82 Å². The Morgan fingerprint density at radius 1 is 1.25 bits per heavy atom. The number of nitrogen functional groups attached to an aromatic ring is 1. The van der Waals surface area contributed by atoms with Crippen molar-refractivity contribution >= 4 is 28.2 Å². The highest BCUT2D eigenvalue weighted by atomic mass is 19.1. The van der Waals surface area contributed by atoms with Gasteiger partial charge in [-0.3, -0.25) is 9.89 Å². The number of carbonyl (C=O) groups is 1. The first-order valence-corrected chi connectivity index (χ1v) is 5.94. The molecule has 0 aliphatic rings. The van der Waals surface area contributed by atoms with Crippen LogP contribution in [0.15, 0.2) is 42.5 Å². The fraction of sp³-hybridized carbons (Fsp3) is 0. The summed E-state index contributed by atoms with van der Waals surface area (Å²) < 4.78 is 13.6. The lowest BCUT2D eigenvalue weighted by molar-refractivity contribution is 0.102. The zero-order chi connectivity index (χ0) is 14.1. The SMILES string of the molecule is Nc1ccc(F)c(NC(=O)c2n[nH]c3ccccc23)c1. The van der Waals surface area contributed by atoms with E-state index in [9.17, 15) is 9.18 Å². The van der Waals surface area contributed by atoms with E-state index >= 15 is 0 Å². The third-order valence-corrected chi connectivity index (χ3v) is 2.92. The van der Waals surface area contributed by atoms with Crippen molar-refractivity contribution in [1.82, 2.24) is 10.2 Å². The standard InChI is InChI=1S/C14H11FN4O/c15-10-6-5-8(16)7-12(10)17-14(20)13-9-3-1-2-4-11(9)18-19-13/h1-7H,16H2,(H,17,20)(H,18,19). The average molecular weight is 270 g/mol. The maximum Gasteiger partial charge on any atom is 0.276 e. The molecule has 5 nitrogen and oxygen atoms in total. The molecule has 0 aliphatic carbocycles. The number of aromatic nitrogens is 2. The van der Waals surface area contributed by atoms with E-state index in [1.54, 1.807) is 18.2 Å². The van der Waals surface area contributed by atoms with Gasteiger partial charge in [0.15, 0.2) is 5.69 Å². The number of H-pyrrole nitrogens is 1. The Morgan fingerprint density at radius 2 is 2.05 bits per heavy atom. The molecule has 0 spiro atoms. The molecule has 0 radical (unpaired) electrons. The van der Waals surface area contributed by atoms with Gasteiger partial charge in [0, 0.05) is 11.1 Å². The monoisotopic (exact) mass is 270 g/mol. The van der Waals surface area contributed by atoms with E-state index in [4.69, 9.17) is 5.73 Å². The van der Waals surface area contributed by atoms with Gasteiger partial charge in [0.2, 0.25) is 0 Å². The predicted molar refractivity (Wildman–Crippen MR) is 74.9 cm³/mol. The van der Waals surface area contributed by atoms with Crippen LogP contribution >= 0.6 is 0 Å². The Hall–Kier alpha value is -2.89. The first-order chi connectivity index (χ1) is 9.65. The molecule has 1 amide bonds. The van der Waals surface area contributed by atoms with Gasteiger partial charge in [-0.25, -0.2) is 4.39 Å².